The molecule has 0 aliphatic rings. The SMILES string of the molecule is Cc1ccc(S(=O)(=O)NC(=O)c2ccc3nc(C)n(Cc4ccccc4Cl)c3c2)cc1. The van der Waals surface area contributed by atoms with Gasteiger partial charge < -0.3 is 4.57 Å². The van der Waals surface area contributed by atoms with Crippen molar-refractivity contribution in [1.29, 1.82) is 0 Å². The van der Waals surface area contributed by atoms with Crippen LogP contribution in [0.15, 0.2) is 71.6 Å². The molecule has 0 fully saturated rings. The predicted octanol–water partition coefficient (Wildman–Crippen LogP) is 4.47. The van der Waals surface area contributed by atoms with Gasteiger partial charge in [-0.15, -0.1) is 0 Å². The molecule has 4 aromatic rings. The third-order valence-electron chi connectivity index (χ3n) is 5.05. The Morgan fingerprint density at radius 3 is 2.45 bits per heavy atom. The van der Waals surface area contributed by atoms with Crippen molar-refractivity contribution in [3.05, 3.63) is 94.3 Å². The Balaban J connectivity index is 1.66. The monoisotopic (exact) mass is 453 g/mol. The van der Waals surface area contributed by atoms with Gasteiger partial charge in [-0.1, -0.05) is 47.5 Å². The van der Waals surface area contributed by atoms with Crippen LogP contribution in [0.4, 0.5) is 0 Å². The third-order valence-corrected chi connectivity index (χ3v) is 6.76. The summed E-state index contributed by atoms with van der Waals surface area (Å²) in [6.07, 6.45) is 0. The van der Waals surface area contributed by atoms with Gasteiger partial charge in [0.15, 0.2) is 0 Å². The molecular weight excluding hydrogens is 434 g/mol. The molecule has 1 heterocycles. The maximum atomic E-state index is 12.7. The summed E-state index contributed by atoms with van der Waals surface area (Å²) >= 11 is 6.30. The smallest absolute Gasteiger partial charge is 0.265 e. The van der Waals surface area contributed by atoms with Crippen molar-refractivity contribution in [1.82, 2.24) is 14.3 Å². The summed E-state index contributed by atoms with van der Waals surface area (Å²) in [6.45, 7) is 4.21. The van der Waals surface area contributed by atoms with Crippen molar-refractivity contribution in [2.24, 2.45) is 0 Å². The van der Waals surface area contributed by atoms with E-state index in [1.165, 1.54) is 12.1 Å². The second-order valence-corrected chi connectivity index (χ2v) is 9.38. The number of rotatable bonds is 5. The number of carbonyl (C=O) groups is 1. The molecule has 1 aromatic heterocycles. The first kappa shape index (κ1) is 21.1. The van der Waals surface area contributed by atoms with E-state index in [-0.39, 0.29) is 10.5 Å². The molecule has 0 radical (unpaired) electrons. The number of sulfonamides is 1. The minimum absolute atomic E-state index is 0.0344. The molecular formula is C23H20ClN3O3S. The molecule has 1 N–H and O–H groups in total. The first-order valence-corrected chi connectivity index (χ1v) is 11.4. The van der Waals surface area contributed by atoms with Crippen LogP contribution in [0.5, 0.6) is 0 Å². The van der Waals surface area contributed by atoms with Crippen LogP contribution in [0.2, 0.25) is 5.02 Å². The third kappa shape index (κ3) is 4.33. The lowest BCUT2D eigenvalue weighted by molar-refractivity contribution is 0.0981. The number of fused-ring (bicyclic) bond motifs is 1. The van der Waals surface area contributed by atoms with Crippen molar-refractivity contribution < 1.29 is 13.2 Å². The number of aromatic nitrogens is 2. The van der Waals surface area contributed by atoms with Crippen LogP contribution in [0.3, 0.4) is 0 Å². The Bertz CT molecular complexity index is 1390. The summed E-state index contributed by atoms with van der Waals surface area (Å²) in [5, 5.41) is 0.641. The summed E-state index contributed by atoms with van der Waals surface area (Å²) in [5.41, 5.74) is 3.50. The first-order chi connectivity index (χ1) is 14.7. The first-order valence-electron chi connectivity index (χ1n) is 9.59. The molecule has 0 unspecified atom stereocenters. The highest BCUT2D eigenvalue weighted by molar-refractivity contribution is 7.90. The molecule has 8 heteroatoms. The predicted molar refractivity (Wildman–Crippen MR) is 121 cm³/mol. The van der Waals surface area contributed by atoms with Gasteiger partial charge in [0.1, 0.15) is 5.82 Å². The summed E-state index contributed by atoms with van der Waals surface area (Å²) in [4.78, 5) is 17.3. The Morgan fingerprint density at radius 1 is 1.03 bits per heavy atom. The molecule has 6 nitrogen and oxygen atoms in total. The number of hydrogen-bond donors (Lipinski definition) is 1. The minimum atomic E-state index is -3.98. The maximum Gasteiger partial charge on any atom is 0.265 e. The highest BCUT2D eigenvalue weighted by Crippen LogP contribution is 2.23. The van der Waals surface area contributed by atoms with Gasteiger partial charge in [-0.05, 0) is 55.8 Å². The van der Waals surface area contributed by atoms with Crippen LogP contribution >= 0.6 is 11.6 Å². The molecule has 0 atom stereocenters. The van der Waals surface area contributed by atoms with Gasteiger partial charge in [-0.3, -0.25) is 4.79 Å². The molecule has 0 bridgehead atoms. The summed E-state index contributed by atoms with van der Waals surface area (Å²) < 4.78 is 29.2. The summed E-state index contributed by atoms with van der Waals surface area (Å²) in [5.74, 6) is 0.0605. The lowest BCUT2D eigenvalue weighted by Gasteiger charge is -2.10. The number of imidazole rings is 1. The fraction of sp³-hybridized carbons (Fsp3) is 0.130. The standard InChI is InChI=1S/C23H20ClN3O3S/c1-15-7-10-19(11-8-15)31(29,30)26-23(28)17-9-12-21-22(13-17)27(16(2)25-21)14-18-5-3-4-6-20(18)24/h3-13H,14H2,1-2H3,(H,26,28). The van der Waals surface area contributed by atoms with Crippen LogP contribution in [-0.2, 0) is 16.6 Å². The summed E-state index contributed by atoms with van der Waals surface area (Å²) in [6, 6.07) is 18.7. The van der Waals surface area contributed by atoms with Gasteiger partial charge >= 0.3 is 0 Å². The van der Waals surface area contributed by atoms with E-state index in [1.807, 2.05) is 42.7 Å². The Kier molecular flexibility index (Phi) is 5.56. The Labute approximate surface area is 185 Å². The van der Waals surface area contributed by atoms with Gasteiger partial charge in [-0.25, -0.2) is 18.1 Å². The van der Waals surface area contributed by atoms with E-state index < -0.39 is 15.9 Å². The Hall–Kier alpha value is -3.16. The average Bonchev–Trinajstić information content (AvgIpc) is 3.04. The van der Waals surface area contributed by atoms with E-state index in [0.29, 0.717) is 17.1 Å². The van der Waals surface area contributed by atoms with Gasteiger partial charge in [-0.2, -0.15) is 0 Å². The fourth-order valence-corrected chi connectivity index (χ4v) is 4.51. The second kappa shape index (κ2) is 8.17. The van der Waals surface area contributed by atoms with Gasteiger partial charge in [0.05, 0.1) is 22.5 Å². The summed E-state index contributed by atoms with van der Waals surface area (Å²) in [7, 11) is -3.98. The normalized spacial score (nSPS) is 11.6. The topological polar surface area (TPSA) is 81.1 Å². The molecule has 31 heavy (non-hydrogen) atoms. The highest BCUT2D eigenvalue weighted by atomic mass is 35.5. The zero-order valence-electron chi connectivity index (χ0n) is 17.0. The lowest BCUT2D eigenvalue weighted by Crippen LogP contribution is -2.30. The van der Waals surface area contributed by atoms with Gasteiger partial charge in [0.2, 0.25) is 0 Å². The van der Waals surface area contributed by atoms with E-state index >= 15 is 0 Å². The van der Waals surface area contributed by atoms with Crippen LogP contribution < -0.4 is 4.72 Å². The van der Waals surface area contributed by atoms with Crippen LogP contribution in [0.1, 0.15) is 27.3 Å². The van der Waals surface area contributed by atoms with Crippen LogP contribution in [-0.4, -0.2) is 23.9 Å². The second-order valence-electron chi connectivity index (χ2n) is 7.29. The van der Waals surface area contributed by atoms with E-state index in [1.54, 1.807) is 30.3 Å². The van der Waals surface area contributed by atoms with Gasteiger partial charge in [0.25, 0.3) is 15.9 Å². The molecule has 1 amide bonds. The average molecular weight is 454 g/mol. The van der Waals surface area contributed by atoms with E-state index in [4.69, 9.17) is 11.6 Å². The molecule has 0 aliphatic carbocycles. The number of nitrogens with one attached hydrogen (secondary N) is 1. The van der Waals surface area contributed by atoms with Crippen LogP contribution in [0, 0.1) is 13.8 Å². The highest BCUT2D eigenvalue weighted by Gasteiger charge is 2.20. The van der Waals surface area contributed by atoms with Crippen molar-refractivity contribution in [2.75, 3.05) is 0 Å². The van der Waals surface area contributed by atoms with E-state index in [2.05, 4.69) is 9.71 Å². The zero-order chi connectivity index (χ0) is 22.2. The molecule has 158 valence electrons. The largest absolute Gasteiger partial charge is 0.324 e. The van der Waals surface area contributed by atoms with Crippen LogP contribution in [0.25, 0.3) is 11.0 Å². The molecule has 0 aliphatic heterocycles. The number of nitrogens with zero attached hydrogens (tertiary/aromatic N) is 2. The van der Waals surface area contributed by atoms with Crippen molar-refractivity contribution >= 4 is 38.6 Å². The zero-order valence-corrected chi connectivity index (χ0v) is 18.5. The van der Waals surface area contributed by atoms with E-state index in [9.17, 15) is 13.2 Å². The van der Waals surface area contributed by atoms with Crippen molar-refractivity contribution in [3.63, 3.8) is 0 Å². The van der Waals surface area contributed by atoms with E-state index in [0.717, 1.165) is 22.5 Å². The molecule has 0 saturated heterocycles. The molecule has 0 saturated carbocycles. The quantitative estimate of drug-likeness (QED) is 0.483. The Morgan fingerprint density at radius 2 is 1.74 bits per heavy atom. The molecule has 3 aromatic carbocycles. The van der Waals surface area contributed by atoms with Crippen molar-refractivity contribution in [2.45, 2.75) is 25.3 Å². The van der Waals surface area contributed by atoms with Crippen molar-refractivity contribution in [3.8, 4) is 0 Å². The van der Waals surface area contributed by atoms with Gasteiger partial charge in [0, 0.05) is 10.6 Å². The number of benzene rings is 3. The molecule has 4 rings (SSSR count). The fourth-order valence-electron chi connectivity index (χ4n) is 3.34. The minimum Gasteiger partial charge on any atom is -0.324 e. The lowest BCUT2D eigenvalue weighted by atomic mass is 10.2. The number of hydrogen-bond acceptors (Lipinski definition) is 4. The number of aryl methyl sites for hydroxylation is 2. The molecule has 0 spiro atoms. The number of carbonyl (C=O) groups excluding carboxylic acids is 1. The number of amides is 1. The number of halogens is 1. The maximum absolute atomic E-state index is 12.7.